The van der Waals surface area contributed by atoms with E-state index in [-0.39, 0.29) is 24.9 Å². The highest BCUT2D eigenvalue weighted by Crippen LogP contribution is 2.19. The first-order chi connectivity index (χ1) is 12.6. The molecule has 0 unspecified atom stereocenters. The minimum atomic E-state index is -0.585. The largest absolute Gasteiger partial charge is 0.384 e. The van der Waals surface area contributed by atoms with Crippen molar-refractivity contribution in [2.45, 2.75) is 25.4 Å². The van der Waals surface area contributed by atoms with Crippen LogP contribution in [0.4, 0.5) is 0 Å². The van der Waals surface area contributed by atoms with E-state index < -0.39 is 6.04 Å². The molecule has 0 aliphatic carbocycles. The maximum atomic E-state index is 12.7. The van der Waals surface area contributed by atoms with E-state index in [1.807, 2.05) is 30.3 Å². The molecule has 8 heteroatoms. The second-order valence-corrected chi connectivity index (χ2v) is 6.27. The second-order valence-electron chi connectivity index (χ2n) is 6.27. The first-order valence-corrected chi connectivity index (χ1v) is 8.47. The standard InChI is InChI=1S/C18H22N4O4/c1-21-12-17(23)22(11-16-19-15(20-26-16)8-9-25-2)14(18(21)24)10-13-6-4-3-5-7-13/h3-7,14H,8-12H2,1-2H3/t14-/m0/s1. The van der Waals surface area contributed by atoms with E-state index in [0.717, 1.165) is 5.56 Å². The van der Waals surface area contributed by atoms with E-state index in [2.05, 4.69) is 10.1 Å². The van der Waals surface area contributed by atoms with Crippen molar-refractivity contribution >= 4 is 11.8 Å². The Bertz CT molecular complexity index is 762. The molecule has 1 saturated heterocycles. The van der Waals surface area contributed by atoms with Gasteiger partial charge in [-0.1, -0.05) is 35.5 Å². The number of aromatic nitrogens is 2. The van der Waals surface area contributed by atoms with Crippen molar-refractivity contribution in [2.75, 3.05) is 27.3 Å². The fraction of sp³-hybridized carbons (Fsp3) is 0.444. The van der Waals surface area contributed by atoms with Crippen LogP contribution in [0.1, 0.15) is 17.3 Å². The van der Waals surface area contributed by atoms with E-state index in [0.29, 0.717) is 31.2 Å². The molecule has 1 atom stereocenters. The number of methoxy groups -OCH3 is 1. The van der Waals surface area contributed by atoms with Gasteiger partial charge in [-0.3, -0.25) is 9.59 Å². The molecule has 138 valence electrons. The van der Waals surface area contributed by atoms with Gasteiger partial charge in [0.1, 0.15) is 12.6 Å². The average Bonchev–Trinajstić information content (AvgIpc) is 3.09. The van der Waals surface area contributed by atoms with E-state index in [4.69, 9.17) is 9.26 Å². The van der Waals surface area contributed by atoms with Crippen LogP contribution in [0.5, 0.6) is 0 Å². The molecule has 2 heterocycles. The molecular weight excluding hydrogens is 336 g/mol. The van der Waals surface area contributed by atoms with Crippen molar-refractivity contribution in [3.63, 3.8) is 0 Å². The Balaban J connectivity index is 1.78. The lowest BCUT2D eigenvalue weighted by atomic mass is 10.0. The Labute approximate surface area is 151 Å². The minimum Gasteiger partial charge on any atom is -0.384 e. The SMILES string of the molecule is COCCc1noc(CN2C(=O)CN(C)C(=O)[C@@H]2Cc2ccccc2)n1. The number of hydrogen-bond donors (Lipinski definition) is 0. The summed E-state index contributed by atoms with van der Waals surface area (Å²) in [4.78, 5) is 32.5. The van der Waals surface area contributed by atoms with Gasteiger partial charge in [0.25, 0.3) is 0 Å². The van der Waals surface area contributed by atoms with E-state index in [1.54, 1.807) is 14.2 Å². The Morgan fingerprint density at radius 3 is 2.77 bits per heavy atom. The highest BCUT2D eigenvalue weighted by Gasteiger charge is 2.38. The van der Waals surface area contributed by atoms with Crippen LogP contribution in [0.3, 0.4) is 0 Å². The Kier molecular flexibility index (Phi) is 5.62. The van der Waals surface area contributed by atoms with Crippen molar-refractivity contribution in [3.8, 4) is 0 Å². The number of likely N-dealkylation sites (N-methyl/N-ethyl adjacent to an activating group) is 1. The summed E-state index contributed by atoms with van der Waals surface area (Å²) in [5.74, 6) is 0.617. The van der Waals surface area contributed by atoms with E-state index in [9.17, 15) is 9.59 Å². The predicted molar refractivity (Wildman–Crippen MR) is 92.0 cm³/mol. The molecule has 0 spiro atoms. The number of piperazine rings is 1. The smallest absolute Gasteiger partial charge is 0.246 e. The molecule has 26 heavy (non-hydrogen) atoms. The average molecular weight is 358 g/mol. The molecule has 1 aliphatic heterocycles. The molecule has 8 nitrogen and oxygen atoms in total. The van der Waals surface area contributed by atoms with Gasteiger partial charge >= 0.3 is 0 Å². The van der Waals surface area contributed by atoms with Crippen LogP contribution in [0, 0.1) is 0 Å². The molecule has 1 fully saturated rings. The second kappa shape index (κ2) is 8.09. The van der Waals surface area contributed by atoms with Gasteiger partial charge in [0.05, 0.1) is 13.2 Å². The normalized spacial score (nSPS) is 17.8. The van der Waals surface area contributed by atoms with Crippen LogP contribution in [0.25, 0.3) is 0 Å². The predicted octanol–water partition coefficient (Wildman–Crippen LogP) is 0.670. The van der Waals surface area contributed by atoms with Crippen LogP contribution in [0.15, 0.2) is 34.9 Å². The molecule has 3 rings (SSSR count). The Morgan fingerprint density at radius 2 is 2.04 bits per heavy atom. The molecule has 2 amide bonds. The van der Waals surface area contributed by atoms with Crippen LogP contribution in [-0.2, 0) is 33.7 Å². The monoisotopic (exact) mass is 358 g/mol. The van der Waals surface area contributed by atoms with Crippen LogP contribution in [0.2, 0.25) is 0 Å². The van der Waals surface area contributed by atoms with Crippen LogP contribution < -0.4 is 0 Å². The summed E-state index contributed by atoms with van der Waals surface area (Å²) >= 11 is 0. The van der Waals surface area contributed by atoms with Crippen LogP contribution >= 0.6 is 0 Å². The van der Waals surface area contributed by atoms with E-state index >= 15 is 0 Å². The molecule has 0 N–H and O–H groups in total. The maximum absolute atomic E-state index is 12.7. The lowest BCUT2D eigenvalue weighted by Gasteiger charge is -2.38. The third-order valence-corrected chi connectivity index (χ3v) is 4.35. The number of nitrogens with zero attached hydrogens (tertiary/aromatic N) is 4. The third kappa shape index (κ3) is 4.08. The Hall–Kier alpha value is -2.74. The molecule has 1 aromatic heterocycles. The van der Waals surface area contributed by atoms with Crippen molar-refractivity contribution in [1.82, 2.24) is 19.9 Å². The first-order valence-electron chi connectivity index (χ1n) is 8.47. The topological polar surface area (TPSA) is 88.8 Å². The van der Waals surface area contributed by atoms with Crippen molar-refractivity contribution in [2.24, 2.45) is 0 Å². The highest BCUT2D eigenvalue weighted by atomic mass is 16.5. The summed E-state index contributed by atoms with van der Waals surface area (Å²) < 4.78 is 10.2. The maximum Gasteiger partial charge on any atom is 0.246 e. The number of carbonyl (C=O) groups excluding carboxylic acids is 2. The first kappa shape index (κ1) is 18.1. The minimum absolute atomic E-state index is 0.0504. The molecule has 0 saturated carbocycles. The molecule has 0 radical (unpaired) electrons. The van der Waals surface area contributed by atoms with Gasteiger partial charge in [0, 0.05) is 27.0 Å². The molecular formula is C18H22N4O4. The zero-order chi connectivity index (χ0) is 18.5. The Morgan fingerprint density at radius 1 is 1.27 bits per heavy atom. The number of rotatable bonds is 7. The number of ether oxygens (including phenoxy) is 1. The van der Waals surface area contributed by atoms with Gasteiger partial charge in [-0.05, 0) is 5.56 Å². The highest BCUT2D eigenvalue weighted by molar-refractivity contribution is 5.94. The van der Waals surface area contributed by atoms with Crippen molar-refractivity contribution < 1.29 is 18.8 Å². The fourth-order valence-electron chi connectivity index (χ4n) is 2.96. The van der Waals surface area contributed by atoms with Gasteiger partial charge in [-0.2, -0.15) is 4.98 Å². The molecule has 1 aliphatic rings. The van der Waals surface area contributed by atoms with Gasteiger partial charge in [-0.15, -0.1) is 0 Å². The summed E-state index contributed by atoms with van der Waals surface area (Å²) in [6.45, 7) is 0.659. The number of carbonyl (C=O) groups is 2. The summed E-state index contributed by atoms with van der Waals surface area (Å²) in [6, 6.07) is 9.05. The summed E-state index contributed by atoms with van der Waals surface area (Å²) in [5, 5.41) is 3.89. The fourth-order valence-corrected chi connectivity index (χ4v) is 2.96. The summed E-state index contributed by atoms with van der Waals surface area (Å²) in [5.41, 5.74) is 0.991. The van der Waals surface area contributed by atoms with E-state index in [1.165, 1.54) is 9.80 Å². The number of amides is 2. The third-order valence-electron chi connectivity index (χ3n) is 4.35. The zero-order valence-corrected chi connectivity index (χ0v) is 14.9. The molecule has 0 bridgehead atoms. The zero-order valence-electron chi connectivity index (χ0n) is 14.9. The summed E-state index contributed by atoms with van der Waals surface area (Å²) in [6.07, 6.45) is 0.976. The summed E-state index contributed by atoms with van der Waals surface area (Å²) in [7, 11) is 3.24. The van der Waals surface area contributed by atoms with Gasteiger partial charge in [0.2, 0.25) is 17.7 Å². The lowest BCUT2D eigenvalue weighted by Crippen LogP contribution is -2.59. The quantitative estimate of drug-likeness (QED) is 0.723. The van der Waals surface area contributed by atoms with Crippen LogP contribution in [-0.4, -0.2) is 65.1 Å². The van der Waals surface area contributed by atoms with Gasteiger partial charge in [0.15, 0.2) is 5.82 Å². The number of hydrogen-bond acceptors (Lipinski definition) is 6. The number of benzene rings is 1. The molecule has 2 aromatic rings. The van der Waals surface area contributed by atoms with Crippen molar-refractivity contribution in [3.05, 3.63) is 47.6 Å². The van der Waals surface area contributed by atoms with Crippen molar-refractivity contribution in [1.29, 1.82) is 0 Å². The lowest BCUT2D eigenvalue weighted by molar-refractivity contribution is -0.155. The van der Waals surface area contributed by atoms with Gasteiger partial charge < -0.3 is 19.1 Å². The van der Waals surface area contributed by atoms with Gasteiger partial charge in [-0.25, -0.2) is 0 Å². The molecule has 1 aromatic carbocycles.